The maximum absolute atomic E-state index is 11.7. The Morgan fingerprint density at radius 1 is 1.21 bits per heavy atom. The van der Waals surface area contributed by atoms with Crippen LogP contribution in [-0.2, 0) is 9.84 Å². The van der Waals surface area contributed by atoms with E-state index in [0.717, 1.165) is 0 Å². The van der Waals surface area contributed by atoms with Crippen molar-refractivity contribution in [3.8, 4) is 17.6 Å². The Balaban J connectivity index is 2.62. The number of rotatable bonds is 0. The Labute approximate surface area is 82.6 Å². The second kappa shape index (κ2) is 3.35. The van der Waals surface area contributed by atoms with Crippen molar-refractivity contribution >= 4 is 9.84 Å². The summed E-state index contributed by atoms with van der Waals surface area (Å²) in [5, 5.41) is 0. The van der Waals surface area contributed by atoms with Gasteiger partial charge in [-0.25, -0.2) is 8.42 Å². The predicted molar refractivity (Wildman–Crippen MR) is 51.8 cm³/mol. The van der Waals surface area contributed by atoms with Gasteiger partial charge in [0, 0.05) is 0 Å². The highest BCUT2D eigenvalue weighted by atomic mass is 32.2. The largest absolute Gasteiger partial charge is 0.480 e. The highest BCUT2D eigenvalue weighted by Crippen LogP contribution is 2.24. The van der Waals surface area contributed by atoms with E-state index in [2.05, 4.69) is 11.8 Å². The molecule has 3 nitrogen and oxygen atoms in total. The van der Waals surface area contributed by atoms with Crippen molar-refractivity contribution in [3.05, 3.63) is 24.3 Å². The van der Waals surface area contributed by atoms with Gasteiger partial charge in [-0.1, -0.05) is 24.0 Å². The van der Waals surface area contributed by atoms with Gasteiger partial charge in [-0.15, -0.1) is 0 Å². The fourth-order valence-electron chi connectivity index (χ4n) is 1.22. The molecule has 2 rings (SSSR count). The van der Waals surface area contributed by atoms with E-state index in [1.165, 1.54) is 6.07 Å². The maximum atomic E-state index is 11.7. The van der Waals surface area contributed by atoms with E-state index in [1.54, 1.807) is 18.2 Å². The van der Waals surface area contributed by atoms with E-state index in [9.17, 15) is 8.42 Å². The number of sulfone groups is 1. The van der Waals surface area contributed by atoms with Crippen molar-refractivity contribution in [2.24, 2.45) is 0 Å². The lowest BCUT2D eigenvalue weighted by Gasteiger charge is -2.10. The van der Waals surface area contributed by atoms with Crippen LogP contribution in [0, 0.1) is 11.8 Å². The fraction of sp³-hybridized carbons (Fsp3) is 0.200. The Bertz CT molecular complexity index is 506. The molecule has 0 N–H and O–H groups in total. The molecule has 1 aromatic rings. The summed E-state index contributed by atoms with van der Waals surface area (Å²) in [6.07, 6.45) is 0. The average molecular weight is 208 g/mol. The minimum atomic E-state index is -3.30. The lowest BCUT2D eigenvalue weighted by Crippen LogP contribution is -2.10. The quantitative estimate of drug-likeness (QED) is 0.594. The summed E-state index contributed by atoms with van der Waals surface area (Å²) in [4.78, 5) is 0.231. The number of benzene rings is 1. The Morgan fingerprint density at radius 3 is 2.86 bits per heavy atom. The normalized spacial score (nSPS) is 17.7. The van der Waals surface area contributed by atoms with Crippen molar-refractivity contribution in [2.45, 2.75) is 4.90 Å². The van der Waals surface area contributed by atoms with Gasteiger partial charge in [0.25, 0.3) is 0 Å². The van der Waals surface area contributed by atoms with Gasteiger partial charge in [0.1, 0.15) is 23.0 Å². The lowest BCUT2D eigenvalue weighted by molar-refractivity contribution is 0.359. The van der Waals surface area contributed by atoms with Gasteiger partial charge in [0.15, 0.2) is 9.84 Å². The number of para-hydroxylation sites is 1. The molecule has 0 amide bonds. The third kappa shape index (κ3) is 1.59. The summed E-state index contributed by atoms with van der Waals surface area (Å²) in [5.41, 5.74) is 0. The van der Waals surface area contributed by atoms with Gasteiger partial charge in [-0.05, 0) is 12.1 Å². The van der Waals surface area contributed by atoms with Crippen molar-refractivity contribution in [2.75, 3.05) is 12.4 Å². The number of fused-ring (bicyclic) bond motifs is 1. The molecule has 0 aliphatic carbocycles. The van der Waals surface area contributed by atoms with Crippen molar-refractivity contribution in [3.63, 3.8) is 0 Å². The molecule has 1 aliphatic rings. The highest BCUT2D eigenvalue weighted by molar-refractivity contribution is 7.91. The maximum Gasteiger partial charge on any atom is 0.193 e. The predicted octanol–water partition coefficient (Wildman–Crippen LogP) is 0.856. The number of ether oxygens (including phenoxy) is 1. The smallest absolute Gasteiger partial charge is 0.193 e. The van der Waals surface area contributed by atoms with Crippen LogP contribution in [0.1, 0.15) is 0 Å². The average Bonchev–Trinajstić information content (AvgIpc) is 2.15. The lowest BCUT2D eigenvalue weighted by atomic mass is 10.3. The van der Waals surface area contributed by atoms with Crippen molar-refractivity contribution < 1.29 is 13.2 Å². The van der Waals surface area contributed by atoms with E-state index in [0.29, 0.717) is 5.75 Å². The van der Waals surface area contributed by atoms with Crippen molar-refractivity contribution in [1.82, 2.24) is 0 Å². The second-order valence-electron chi connectivity index (χ2n) is 2.85. The van der Waals surface area contributed by atoms with Crippen LogP contribution in [0.4, 0.5) is 0 Å². The fourth-order valence-corrected chi connectivity index (χ4v) is 2.38. The molecule has 0 unspecified atom stereocenters. The summed E-state index contributed by atoms with van der Waals surface area (Å²) in [5.74, 6) is 5.45. The minimum absolute atomic E-state index is 0.132. The molecule has 0 aromatic heterocycles. The Kier molecular flexibility index (Phi) is 2.18. The van der Waals surface area contributed by atoms with Crippen LogP contribution >= 0.6 is 0 Å². The zero-order valence-corrected chi connectivity index (χ0v) is 8.17. The Hall–Kier alpha value is -1.47. The first kappa shape index (κ1) is 9.10. The molecule has 0 saturated carbocycles. The monoisotopic (exact) mass is 208 g/mol. The summed E-state index contributed by atoms with van der Waals surface area (Å²) in [7, 11) is -3.30. The van der Waals surface area contributed by atoms with Crippen LogP contribution in [0.3, 0.4) is 0 Å². The SMILES string of the molecule is O=S1(=O)CC#CCOc2ccccc21. The zero-order chi connectivity index (χ0) is 10.0. The first-order valence-electron chi connectivity index (χ1n) is 4.10. The van der Waals surface area contributed by atoms with Gasteiger partial charge < -0.3 is 4.74 Å². The molecule has 0 atom stereocenters. The van der Waals surface area contributed by atoms with E-state index >= 15 is 0 Å². The van der Waals surface area contributed by atoms with Gasteiger partial charge in [-0.2, -0.15) is 0 Å². The molecular weight excluding hydrogens is 200 g/mol. The summed E-state index contributed by atoms with van der Waals surface area (Å²) < 4.78 is 28.5. The summed E-state index contributed by atoms with van der Waals surface area (Å²) >= 11 is 0. The summed E-state index contributed by atoms with van der Waals surface area (Å²) in [6.45, 7) is 0.243. The van der Waals surface area contributed by atoms with Crippen LogP contribution in [0.25, 0.3) is 0 Å². The van der Waals surface area contributed by atoms with E-state index in [-0.39, 0.29) is 17.3 Å². The molecule has 72 valence electrons. The third-order valence-corrected chi connectivity index (χ3v) is 3.40. The molecular formula is C10H8O3S. The summed E-state index contributed by atoms with van der Waals surface area (Å²) in [6, 6.07) is 6.59. The molecule has 1 aromatic carbocycles. The zero-order valence-electron chi connectivity index (χ0n) is 7.36. The van der Waals surface area contributed by atoms with Gasteiger partial charge in [-0.3, -0.25) is 0 Å². The standard InChI is InChI=1S/C10H8O3S/c11-14(12)8-4-3-7-13-9-5-1-2-6-10(9)14/h1-2,5-6H,7-8H2. The minimum Gasteiger partial charge on any atom is -0.480 e. The first-order chi connectivity index (χ1) is 6.70. The highest BCUT2D eigenvalue weighted by Gasteiger charge is 2.18. The molecule has 1 aliphatic heterocycles. The molecule has 0 saturated heterocycles. The molecule has 0 fully saturated rings. The van der Waals surface area contributed by atoms with Crippen LogP contribution in [0.2, 0.25) is 0 Å². The molecule has 0 spiro atoms. The molecule has 0 bridgehead atoms. The van der Waals surface area contributed by atoms with Crippen LogP contribution < -0.4 is 4.74 Å². The molecule has 0 radical (unpaired) electrons. The topological polar surface area (TPSA) is 43.4 Å². The van der Waals surface area contributed by atoms with Gasteiger partial charge in [0.2, 0.25) is 0 Å². The molecule has 14 heavy (non-hydrogen) atoms. The number of hydrogen-bond donors (Lipinski definition) is 0. The Morgan fingerprint density at radius 2 is 2.00 bits per heavy atom. The molecule has 4 heteroatoms. The van der Waals surface area contributed by atoms with E-state index in [4.69, 9.17) is 4.74 Å². The molecule has 1 heterocycles. The van der Waals surface area contributed by atoms with E-state index < -0.39 is 9.84 Å². The van der Waals surface area contributed by atoms with Gasteiger partial charge >= 0.3 is 0 Å². The van der Waals surface area contributed by atoms with Crippen molar-refractivity contribution in [1.29, 1.82) is 0 Å². The van der Waals surface area contributed by atoms with Gasteiger partial charge in [0.05, 0.1) is 0 Å². The first-order valence-corrected chi connectivity index (χ1v) is 5.76. The second-order valence-corrected chi connectivity index (χ2v) is 4.81. The van der Waals surface area contributed by atoms with Crippen LogP contribution in [-0.4, -0.2) is 20.8 Å². The van der Waals surface area contributed by atoms with Crippen LogP contribution in [0.15, 0.2) is 29.2 Å². The third-order valence-electron chi connectivity index (χ3n) is 1.87. The number of hydrogen-bond acceptors (Lipinski definition) is 3. The van der Waals surface area contributed by atoms with E-state index in [1.807, 2.05) is 0 Å². The van der Waals surface area contributed by atoms with Crippen LogP contribution in [0.5, 0.6) is 5.75 Å².